The van der Waals surface area contributed by atoms with E-state index in [2.05, 4.69) is 152 Å². The summed E-state index contributed by atoms with van der Waals surface area (Å²) in [5, 5.41) is 4.72. The molecule has 11 aromatic rings. The Morgan fingerprint density at radius 3 is 1.55 bits per heavy atom. The van der Waals surface area contributed by atoms with Gasteiger partial charge in [0.2, 0.25) is 0 Å². The number of furan rings is 1. The van der Waals surface area contributed by atoms with E-state index in [4.69, 9.17) is 19.4 Å². The molecule has 5 heteroatoms. The van der Waals surface area contributed by atoms with E-state index in [-0.39, 0.29) is 0 Å². The van der Waals surface area contributed by atoms with E-state index in [0.29, 0.717) is 17.5 Å². The molecule has 0 N–H and O–H groups in total. The minimum Gasteiger partial charge on any atom is -0.456 e. The normalized spacial score (nSPS) is 11.6. The molecule has 0 aliphatic rings. The fourth-order valence-corrected chi connectivity index (χ4v) is 9.07. The van der Waals surface area contributed by atoms with Crippen molar-refractivity contribution < 1.29 is 4.42 Å². The molecule has 0 bridgehead atoms. The molecule has 0 unspecified atom stereocenters. The number of thiophene rings is 1. The molecule has 56 heavy (non-hydrogen) atoms. The Kier molecular flexibility index (Phi) is 7.64. The Labute approximate surface area is 327 Å². The van der Waals surface area contributed by atoms with Crippen molar-refractivity contribution in [3.63, 3.8) is 0 Å². The van der Waals surface area contributed by atoms with Crippen LogP contribution >= 0.6 is 11.3 Å². The third kappa shape index (κ3) is 5.48. The van der Waals surface area contributed by atoms with Crippen LogP contribution in [0.2, 0.25) is 0 Å². The lowest BCUT2D eigenvalue weighted by molar-refractivity contribution is 0.669. The topological polar surface area (TPSA) is 51.8 Å². The van der Waals surface area contributed by atoms with Gasteiger partial charge in [0.1, 0.15) is 11.2 Å². The van der Waals surface area contributed by atoms with E-state index in [1.54, 1.807) is 0 Å². The summed E-state index contributed by atoms with van der Waals surface area (Å²) in [6, 6.07) is 65.6. The van der Waals surface area contributed by atoms with Gasteiger partial charge in [-0.15, -0.1) is 11.3 Å². The number of nitrogens with zero attached hydrogens (tertiary/aromatic N) is 3. The third-order valence-electron chi connectivity index (χ3n) is 10.6. The first-order valence-electron chi connectivity index (χ1n) is 18.7. The van der Waals surface area contributed by atoms with Gasteiger partial charge in [0, 0.05) is 47.6 Å². The summed E-state index contributed by atoms with van der Waals surface area (Å²) in [7, 11) is 0. The van der Waals surface area contributed by atoms with Crippen LogP contribution in [-0.2, 0) is 0 Å². The molecule has 11 rings (SSSR count). The largest absolute Gasteiger partial charge is 0.456 e. The van der Waals surface area contributed by atoms with E-state index >= 15 is 0 Å². The highest BCUT2D eigenvalue weighted by Gasteiger charge is 2.20. The molecule has 0 saturated carbocycles. The number of aromatic nitrogens is 3. The molecular weight excluding hydrogens is 703 g/mol. The number of hydrogen-bond acceptors (Lipinski definition) is 5. The van der Waals surface area contributed by atoms with Gasteiger partial charge in [0.05, 0.1) is 0 Å². The van der Waals surface area contributed by atoms with Crippen molar-refractivity contribution in [2.24, 2.45) is 0 Å². The van der Waals surface area contributed by atoms with Crippen LogP contribution in [0.4, 0.5) is 0 Å². The smallest absolute Gasteiger partial charge is 0.164 e. The molecule has 0 aliphatic heterocycles. The van der Waals surface area contributed by atoms with Gasteiger partial charge in [0.25, 0.3) is 0 Å². The molecule has 0 spiro atoms. The fraction of sp³-hybridized carbons (Fsp3) is 0. The zero-order valence-corrected chi connectivity index (χ0v) is 30.9. The molecule has 0 atom stereocenters. The van der Waals surface area contributed by atoms with Crippen LogP contribution in [0, 0.1) is 0 Å². The predicted octanol–water partition coefficient (Wildman–Crippen LogP) is 14.1. The first-order valence-corrected chi connectivity index (χ1v) is 19.5. The van der Waals surface area contributed by atoms with Gasteiger partial charge in [-0.25, -0.2) is 15.0 Å². The zero-order chi connectivity index (χ0) is 37.0. The summed E-state index contributed by atoms with van der Waals surface area (Å²) in [4.78, 5) is 15.0. The first-order chi connectivity index (χ1) is 27.7. The molecule has 8 aromatic carbocycles. The summed E-state index contributed by atoms with van der Waals surface area (Å²) < 4.78 is 9.24. The lowest BCUT2D eigenvalue weighted by atomic mass is 9.90. The first kappa shape index (κ1) is 32.2. The lowest BCUT2D eigenvalue weighted by Crippen LogP contribution is -2.00. The highest BCUT2D eigenvalue weighted by molar-refractivity contribution is 7.25. The van der Waals surface area contributed by atoms with Crippen molar-refractivity contribution in [3.8, 4) is 67.5 Å². The van der Waals surface area contributed by atoms with Crippen LogP contribution in [0.15, 0.2) is 192 Å². The standard InChI is InChI=1S/C51H31N3OS/c1-3-13-32(14-4-1)33-25-27-35(28-26-33)50-52-49(34-15-5-2-6-16-34)53-51(54-50)36-29-30-41-44(31-36)55-43-22-11-20-39(47(41)43)37-17-7-8-18-38(37)40-21-12-24-46-48(40)42-19-9-10-23-45(42)56-46/h1-31H. The molecule has 0 aliphatic carbocycles. The Morgan fingerprint density at radius 2 is 0.821 bits per heavy atom. The Balaban J connectivity index is 1.04. The van der Waals surface area contributed by atoms with Crippen molar-refractivity contribution in [2.75, 3.05) is 0 Å². The highest BCUT2D eigenvalue weighted by atomic mass is 32.1. The van der Waals surface area contributed by atoms with Crippen LogP contribution in [0.5, 0.6) is 0 Å². The van der Waals surface area contributed by atoms with Gasteiger partial charge in [0.15, 0.2) is 17.5 Å². The van der Waals surface area contributed by atoms with Crippen molar-refractivity contribution in [1.29, 1.82) is 0 Å². The maximum absolute atomic E-state index is 6.65. The maximum atomic E-state index is 6.65. The van der Waals surface area contributed by atoms with Crippen molar-refractivity contribution in [2.45, 2.75) is 0 Å². The van der Waals surface area contributed by atoms with E-state index in [1.165, 1.54) is 42.4 Å². The van der Waals surface area contributed by atoms with Gasteiger partial charge in [-0.1, -0.05) is 158 Å². The molecule has 4 nitrogen and oxygen atoms in total. The summed E-state index contributed by atoms with van der Waals surface area (Å²) >= 11 is 1.85. The molecule has 262 valence electrons. The second-order valence-electron chi connectivity index (χ2n) is 13.9. The highest BCUT2D eigenvalue weighted by Crippen LogP contribution is 2.45. The Bertz CT molecular complexity index is 3240. The zero-order valence-electron chi connectivity index (χ0n) is 30.1. The second-order valence-corrected chi connectivity index (χ2v) is 15.0. The molecule has 0 radical (unpaired) electrons. The van der Waals surface area contributed by atoms with Gasteiger partial charge in [-0.3, -0.25) is 0 Å². The molecule has 0 saturated heterocycles. The van der Waals surface area contributed by atoms with Crippen molar-refractivity contribution in [3.05, 3.63) is 188 Å². The number of rotatable bonds is 6. The van der Waals surface area contributed by atoms with Crippen LogP contribution in [0.1, 0.15) is 0 Å². The van der Waals surface area contributed by atoms with E-state index < -0.39 is 0 Å². The Hall–Kier alpha value is -7.21. The van der Waals surface area contributed by atoms with Gasteiger partial charge < -0.3 is 4.42 Å². The van der Waals surface area contributed by atoms with Crippen molar-refractivity contribution >= 4 is 53.4 Å². The second kappa shape index (κ2) is 13.3. The van der Waals surface area contributed by atoms with Crippen LogP contribution < -0.4 is 0 Å². The van der Waals surface area contributed by atoms with Crippen LogP contribution in [-0.4, -0.2) is 15.0 Å². The Morgan fingerprint density at radius 1 is 0.321 bits per heavy atom. The molecule has 3 aromatic heterocycles. The van der Waals surface area contributed by atoms with Crippen LogP contribution in [0.3, 0.4) is 0 Å². The summed E-state index contributed by atoms with van der Waals surface area (Å²) in [5.41, 5.74) is 11.4. The van der Waals surface area contributed by atoms with Gasteiger partial charge >= 0.3 is 0 Å². The predicted molar refractivity (Wildman–Crippen MR) is 233 cm³/mol. The molecular formula is C51H31N3OS. The fourth-order valence-electron chi connectivity index (χ4n) is 7.93. The van der Waals surface area contributed by atoms with E-state index in [9.17, 15) is 0 Å². The summed E-state index contributed by atoms with van der Waals surface area (Å²) in [6.45, 7) is 0. The molecule has 3 heterocycles. The maximum Gasteiger partial charge on any atom is 0.164 e. The molecule has 0 fully saturated rings. The summed E-state index contributed by atoms with van der Waals surface area (Å²) in [5.74, 6) is 1.82. The minimum atomic E-state index is 0.588. The molecule has 0 amide bonds. The number of hydrogen-bond donors (Lipinski definition) is 0. The van der Waals surface area contributed by atoms with Gasteiger partial charge in [-0.2, -0.15) is 0 Å². The monoisotopic (exact) mass is 733 g/mol. The summed E-state index contributed by atoms with van der Waals surface area (Å²) in [6.07, 6.45) is 0. The number of fused-ring (bicyclic) bond motifs is 6. The van der Waals surface area contributed by atoms with Gasteiger partial charge in [-0.05, 0) is 63.7 Å². The van der Waals surface area contributed by atoms with Crippen LogP contribution in [0.25, 0.3) is 110 Å². The van der Waals surface area contributed by atoms with Crippen molar-refractivity contribution in [1.82, 2.24) is 15.0 Å². The van der Waals surface area contributed by atoms with E-state index in [0.717, 1.165) is 49.8 Å². The number of benzene rings is 8. The quantitative estimate of drug-likeness (QED) is 0.171. The average molecular weight is 734 g/mol. The SMILES string of the molecule is c1ccc(-c2ccc(-c3nc(-c4ccccc4)nc(-c4ccc5c(c4)oc4cccc(-c6ccccc6-c6cccc7sc8ccccc8c67)c45)n3)cc2)cc1. The minimum absolute atomic E-state index is 0.588. The average Bonchev–Trinajstić information content (AvgIpc) is 3.85. The third-order valence-corrected chi connectivity index (χ3v) is 11.7. The van der Waals surface area contributed by atoms with E-state index in [1.807, 2.05) is 47.7 Å². The lowest BCUT2D eigenvalue weighted by Gasteiger charge is -2.13.